The summed E-state index contributed by atoms with van der Waals surface area (Å²) in [6, 6.07) is 3.83. The number of halogens is 1. The van der Waals surface area contributed by atoms with E-state index in [-0.39, 0.29) is 19.1 Å². The first-order valence-electron chi connectivity index (χ1n) is 6.10. The molecule has 1 fully saturated rings. The van der Waals surface area contributed by atoms with E-state index in [2.05, 4.69) is 17.2 Å². The zero-order chi connectivity index (χ0) is 14.4. The summed E-state index contributed by atoms with van der Waals surface area (Å²) in [5.74, 6) is 4.16. The van der Waals surface area contributed by atoms with Gasteiger partial charge in [-0.15, -0.1) is 0 Å². The van der Waals surface area contributed by atoms with E-state index in [0.29, 0.717) is 24.5 Å². The average molecular weight is 279 g/mol. The number of carbonyl (C=O) groups excluding carboxylic acids is 1. The monoisotopic (exact) mass is 279 g/mol. The number of hydrogen-bond donors (Lipinski definition) is 2. The van der Waals surface area contributed by atoms with E-state index in [4.69, 9.17) is 14.6 Å². The van der Waals surface area contributed by atoms with Gasteiger partial charge in [0.05, 0.1) is 31.1 Å². The van der Waals surface area contributed by atoms with Crippen LogP contribution in [-0.2, 0) is 14.3 Å². The van der Waals surface area contributed by atoms with Gasteiger partial charge in [0, 0.05) is 0 Å². The van der Waals surface area contributed by atoms with Crippen LogP contribution in [0.25, 0.3) is 0 Å². The van der Waals surface area contributed by atoms with Gasteiger partial charge < -0.3 is 19.9 Å². The van der Waals surface area contributed by atoms with Gasteiger partial charge in [0.25, 0.3) is 5.91 Å². The number of hydrogen-bond acceptors (Lipinski definition) is 4. The normalized spacial score (nSPS) is 18.0. The standard InChI is InChI=1S/C14H14FNO4/c15-11-3-4-12(10(8-11)2-1-5-17)16-14(18)13-9-19-6-7-20-13/h3-4,8,13,17H,5-7,9H2,(H,16,18). The highest BCUT2D eigenvalue weighted by Gasteiger charge is 2.23. The lowest BCUT2D eigenvalue weighted by molar-refractivity contribution is -0.142. The summed E-state index contributed by atoms with van der Waals surface area (Å²) < 4.78 is 23.6. The van der Waals surface area contributed by atoms with Crippen molar-refractivity contribution >= 4 is 11.6 Å². The number of nitrogens with one attached hydrogen (secondary N) is 1. The van der Waals surface area contributed by atoms with Crippen LogP contribution in [0.3, 0.4) is 0 Å². The Morgan fingerprint density at radius 3 is 3.05 bits per heavy atom. The average Bonchev–Trinajstić information content (AvgIpc) is 2.48. The van der Waals surface area contributed by atoms with Crippen LogP contribution < -0.4 is 5.32 Å². The van der Waals surface area contributed by atoms with Crippen molar-refractivity contribution in [3.8, 4) is 11.8 Å². The van der Waals surface area contributed by atoms with Crippen LogP contribution in [0.5, 0.6) is 0 Å². The Hall–Kier alpha value is -1.94. The molecule has 6 heteroatoms. The molecule has 0 saturated carbocycles. The third kappa shape index (κ3) is 3.78. The quantitative estimate of drug-likeness (QED) is 0.775. The maximum atomic E-state index is 13.2. The topological polar surface area (TPSA) is 67.8 Å². The summed E-state index contributed by atoms with van der Waals surface area (Å²) in [5, 5.41) is 11.3. The highest BCUT2D eigenvalue weighted by molar-refractivity contribution is 5.95. The third-order valence-corrected chi connectivity index (χ3v) is 2.65. The molecule has 0 aliphatic carbocycles. The van der Waals surface area contributed by atoms with Crippen molar-refractivity contribution in [3.05, 3.63) is 29.6 Å². The predicted octanol–water partition coefficient (Wildman–Crippen LogP) is 0.523. The second-order valence-electron chi connectivity index (χ2n) is 4.07. The highest BCUT2D eigenvalue weighted by atomic mass is 19.1. The van der Waals surface area contributed by atoms with Crippen LogP contribution >= 0.6 is 0 Å². The van der Waals surface area contributed by atoms with Crippen molar-refractivity contribution < 1.29 is 23.8 Å². The summed E-state index contributed by atoms with van der Waals surface area (Å²) in [6.07, 6.45) is -0.688. The van der Waals surface area contributed by atoms with Crippen molar-refractivity contribution in [1.82, 2.24) is 0 Å². The Morgan fingerprint density at radius 2 is 2.35 bits per heavy atom. The minimum absolute atomic E-state index is 0.185. The number of carbonyl (C=O) groups is 1. The molecule has 0 spiro atoms. The minimum Gasteiger partial charge on any atom is -0.384 e. The molecule has 20 heavy (non-hydrogen) atoms. The molecule has 1 amide bonds. The summed E-state index contributed by atoms with van der Waals surface area (Å²) in [5.41, 5.74) is 0.663. The van der Waals surface area contributed by atoms with Gasteiger partial charge in [0.2, 0.25) is 0 Å². The number of rotatable bonds is 2. The summed E-state index contributed by atoms with van der Waals surface area (Å²) in [6.45, 7) is 0.667. The molecule has 106 valence electrons. The predicted molar refractivity (Wildman–Crippen MR) is 69.6 cm³/mol. The molecule has 0 radical (unpaired) electrons. The van der Waals surface area contributed by atoms with Crippen molar-refractivity contribution in [2.75, 3.05) is 31.7 Å². The van der Waals surface area contributed by atoms with Gasteiger partial charge in [-0.25, -0.2) is 4.39 Å². The molecule has 1 unspecified atom stereocenters. The van der Waals surface area contributed by atoms with Gasteiger partial charge >= 0.3 is 0 Å². The van der Waals surface area contributed by atoms with E-state index < -0.39 is 11.9 Å². The maximum absolute atomic E-state index is 13.2. The highest BCUT2D eigenvalue weighted by Crippen LogP contribution is 2.17. The third-order valence-electron chi connectivity index (χ3n) is 2.65. The molecule has 0 aromatic heterocycles. The minimum atomic E-state index is -0.688. The van der Waals surface area contributed by atoms with Crippen molar-refractivity contribution in [3.63, 3.8) is 0 Å². The lowest BCUT2D eigenvalue weighted by Gasteiger charge is -2.22. The van der Waals surface area contributed by atoms with Crippen molar-refractivity contribution in [2.24, 2.45) is 0 Å². The fourth-order valence-corrected chi connectivity index (χ4v) is 1.72. The lowest BCUT2D eigenvalue weighted by Crippen LogP contribution is -2.39. The number of anilines is 1. The molecule has 5 nitrogen and oxygen atoms in total. The number of aliphatic hydroxyl groups excluding tert-OH is 1. The maximum Gasteiger partial charge on any atom is 0.255 e. The van der Waals surface area contributed by atoms with E-state index >= 15 is 0 Å². The largest absolute Gasteiger partial charge is 0.384 e. The van der Waals surface area contributed by atoms with Crippen LogP contribution in [0.15, 0.2) is 18.2 Å². The van der Waals surface area contributed by atoms with E-state index in [0.717, 1.165) is 0 Å². The lowest BCUT2D eigenvalue weighted by atomic mass is 10.1. The Balaban J connectivity index is 2.13. The molecular formula is C14H14FNO4. The number of benzene rings is 1. The number of amides is 1. The van der Waals surface area contributed by atoms with Crippen LogP contribution in [0.2, 0.25) is 0 Å². The molecule has 1 aliphatic rings. The molecule has 1 saturated heterocycles. The Kier molecular flexibility index (Phi) is 5.07. The van der Waals surface area contributed by atoms with Crippen molar-refractivity contribution in [2.45, 2.75) is 6.10 Å². The van der Waals surface area contributed by atoms with E-state index in [1.807, 2.05) is 0 Å². The molecule has 1 atom stereocenters. The van der Waals surface area contributed by atoms with Crippen LogP contribution in [0.1, 0.15) is 5.56 Å². The van der Waals surface area contributed by atoms with E-state index in [9.17, 15) is 9.18 Å². The molecule has 1 heterocycles. The molecule has 2 rings (SSSR count). The van der Waals surface area contributed by atoms with Gasteiger partial charge in [-0.05, 0) is 18.2 Å². The Bertz CT molecular complexity index is 544. The van der Waals surface area contributed by atoms with Gasteiger partial charge in [0.1, 0.15) is 12.4 Å². The van der Waals surface area contributed by atoms with Crippen LogP contribution in [0.4, 0.5) is 10.1 Å². The van der Waals surface area contributed by atoms with E-state index in [1.54, 1.807) is 0 Å². The van der Waals surface area contributed by atoms with Crippen LogP contribution in [-0.4, -0.2) is 43.5 Å². The number of ether oxygens (including phenoxy) is 2. The van der Waals surface area contributed by atoms with Gasteiger partial charge in [-0.2, -0.15) is 0 Å². The zero-order valence-electron chi connectivity index (χ0n) is 10.7. The summed E-state index contributed by atoms with van der Waals surface area (Å²) >= 11 is 0. The molecule has 2 N–H and O–H groups in total. The summed E-state index contributed by atoms with van der Waals surface area (Å²) in [7, 11) is 0. The zero-order valence-corrected chi connectivity index (χ0v) is 10.7. The molecule has 1 aliphatic heterocycles. The first-order chi connectivity index (χ1) is 9.70. The van der Waals surface area contributed by atoms with Crippen molar-refractivity contribution in [1.29, 1.82) is 0 Å². The first kappa shape index (κ1) is 14.5. The van der Waals surface area contributed by atoms with Gasteiger partial charge in [-0.3, -0.25) is 4.79 Å². The molecule has 0 bridgehead atoms. The second-order valence-corrected chi connectivity index (χ2v) is 4.07. The Morgan fingerprint density at radius 1 is 1.50 bits per heavy atom. The SMILES string of the molecule is O=C(Nc1ccc(F)cc1C#CCO)C1COCCO1. The molecule has 1 aromatic rings. The van der Waals surface area contributed by atoms with Gasteiger partial charge in [0.15, 0.2) is 6.10 Å². The Labute approximate surface area is 115 Å². The summed E-state index contributed by atoms with van der Waals surface area (Å²) in [4.78, 5) is 12.0. The molecular weight excluding hydrogens is 265 g/mol. The molecule has 1 aromatic carbocycles. The number of aliphatic hydroxyl groups is 1. The van der Waals surface area contributed by atoms with Crippen LogP contribution in [0, 0.1) is 17.7 Å². The first-order valence-corrected chi connectivity index (χ1v) is 6.10. The van der Waals surface area contributed by atoms with Gasteiger partial charge in [-0.1, -0.05) is 11.8 Å². The van der Waals surface area contributed by atoms with E-state index in [1.165, 1.54) is 18.2 Å². The second kappa shape index (κ2) is 7.01. The smallest absolute Gasteiger partial charge is 0.255 e. The fraction of sp³-hybridized carbons (Fsp3) is 0.357. The fourth-order valence-electron chi connectivity index (χ4n) is 1.72.